The van der Waals surface area contributed by atoms with Crippen molar-refractivity contribution in [1.29, 1.82) is 0 Å². The number of hydrogen-bond donors (Lipinski definition) is 3. The van der Waals surface area contributed by atoms with E-state index in [2.05, 4.69) is 22.4 Å². The fourth-order valence-corrected chi connectivity index (χ4v) is 5.74. The van der Waals surface area contributed by atoms with E-state index in [1.165, 1.54) is 7.11 Å². The Balaban J connectivity index is 1.22. The number of amides is 1. The first-order valence-corrected chi connectivity index (χ1v) is 13.6. The van der Waals surface area contributed by atoms with E-state index in [1.807, 2.05) is 60.7 Å². The first-order chi connectivity index (χ1) is 20.4. The molecule has 0 saturated carbocycles. The smallest absolute Gasteiger partial charge is 0.407 e. The van der Waals surface area contributed by atoms with Crippen LogP contribution >= 0.6 is 0 Å². The number of alkyl carbamates (subject to hydrolysis) is 1. The fourth-order valence-electron chi connectivity index (χ4n) is 5.74. The van der Waals surface area contributed by atoms with Gasteiger partial charge in [0.2, 0.25) is 0 Å². The summed E-state index contributed by atoms with van der Waals surface area (Å²) in [5.74, 6) is -1.77. The Bertz CT molecular complexity index is 1760. The predicted molar refractivity (Wildman–Crippen MR) is 158 cm³/mol. The minimum absolute atomic E-state index is 0.0115. The molecule has 0 unspecified atom stereocenters. The number of aromatic amines is 1. The molecule has 4 aromatic carbocycles. The maximum absolute atomic E-state index is 13.0. The van der Waals surface area contributed by atoms with Crippen LogP contribution in [0.3, 0.4) is 0 Å². The highest BCUT2D eigenvalue weighted by molar-refractivity contribution is 5.93. The second-order valence-corrected chi connectivity index (χ2v) is 10.2. The van der Waals surface area contributed by atoms with Crippen LogP contribution in [0.5, 0.6) is 0 Å². The van der Waals surface area contributed by atoms with Crippen LogP contribution in [-0.2, 0) is 20.7 Å². The number of nitrogens with one attached hydrogen (secondary N) is 2. The maximum atomic E-state index is 13.0. The number of aliphatic carboxylic acids is 1. The summed E-state index contributed by atoms with van der Waals surface area (Å²) in [6.07, 6.45) is -0.787. The van der Waals surface area contributed by atoms with Crippen LogP contribution in [0.2, 0.25) is 0 Å². The highest BCUT2D eigenvalue weighted by atomic mass is 16.5. The number of rotatable bonds is 8. The maximum Gasteiger partial charge on any atom is 0.407 e. The molecule has 8 nitrogen and oxygen atoms in total. The summed E-state index contributed by atoms with van der Waals surface area (Å²) in [5.41, 5.74) is 7.78. The standard InChI is InChI=1S/C34H28N2O6/c1-41-33(39)21-16-14-20(15-17-21)31-27(26-12-6-7-13-29(26)35-31)18-30(32(37)38)36-34(40)42-19-28-24-10-4-2-8-22(24)23-9-3-5-11-25(23)28/h2-17,28,30,35H,18-19H2,1H3,(H,36,40)(H,37,38)/t30-/m0/s1. The third-order valence-corrected chi connectivity index (χ3v) is 7.75. The number of H-pyrrole nitrogens is 1. The molecule has 1 atom stereocenters. The number of carbonyl (C=O) groups is 3. The lowest BCUT2D eigenvalue weighted by atomic mass is 9.98. The van der Waals surface area contributed by atoms with E-state index in [0.29, 0.717) is 11.3 Å². The molecule has 1 aliphatic carbocycles. The lowest BCUT2D eigenvalue weighted by Gasteiger charge is -2.18. The SMILES string of the molecule is COC(=O)c1ccc(-c2[nH]c3ccccc3c2C[C@H](NC(=O)OCC2c3ccccc3-c3ccccc32)C(=O)O)cc1. The van der Waals surface area contributed by atoms with E-state index in [1.54, 1.807) is 24.3 Å². The lowest BCUT2D eigenvalue weighted by molar-refractivity contribution is -0.139. The Hall–Kier alpha value is -5.37. The third-order valence-electron chi connectivity index (χ3n) is 7.75. The van der Waals surface area contributed by atoms with Gasteiger partial charge in [0.1, 0.15) is 12.6 Å². The van der Waals surface area contributed by atoms with Gasteiger partial charge >= 0.3 is 18.0 Å². The van der Waals surface area contributed by atoms with Crippen LogP contribution in [0.25, 0.3) is 33.3 Å². The summed E-state index contributed by atoms with van der Waals surface area (Å²) >= 11 is 0. The summed E-state index contributed by atoms with van der Waals surface area (Å²) in [7, 11) is 1.32. The monoisotopic (exact) mass is 560 g/mol. The van der Waals surface area contributed by atoms with Crippen molar-refractivity contribution < 1.29 is 29.0 Å². The van der Waals surface area contributed by atoms with E-state index in [0.717, 1.165) is 44.3 Å². The Kier molecular flexibility index (Phi) is 7.19. The number of carboxylic acids is 1. The van der Waals surface area contributed by atoms with Gasteiger partial charge in [-0.2, -0.15) is 0 Å². The number of methoxy groups -OCH3 is 1. The van der Waals surface area contributed by atoms with Crippen molar-refractivity contribution in [2.45, 2.75) is 18.4 Å². The molecule has 0 saturated heterocycles. The van der Waals surface area contributed by atoms with Gasteiger partial charge in [-0.1, -0.05) is 78.9 Å². The molecule has 6 rings (SSSR count). The van der Waals surface area contributed by atoms with Crippen LogP contribution in [0, 0.1) is 0 Å². The summed E-state index contributed by atoms with van der Waals surface area (Å²) in [4.78, 5) is 40.6. The van der Waals surface area contributed by atoms with Gasteiger partial charge in [0, 0.05) is 28.9 Å². The van der Waals surface area contributed by atoms with Crippen LogP contribution < -0.4 is 5.32 Å². The minimum atomic E-state index is -1.24. The summed E-state index contributed by atoms with van der Waals surface area (Å²) < 4.78 is 10.4. The minimum Gasteiger partial charge on any atom is -0.480 e. The first-order valence-electron chi connectivity index (χ1n) is 13.6. The predicted octanol–water partition coefficient (Wildman–Crippen LogP) is 6.16. The van der Waals surface area contributed by atoms with Gasteiger partial charge in [0.25, 0.3) is 0 Å². The van der Waals surface area contributed by atoms with Crippen LogP contribution in [0.15, 0.2) is 97.1 Å². The highest BCUT2D eigenvalue weighted by Crippen LogP contribution is 2.44. The van der Waals surface area contributed by atoms with E-state index < -0.39 is 24.1 Å². The number of aromatic nitrogens is 1. The van der Waals surface area contributed by atoms with Crippen LogP contribution in [-0.4, -0.2) is 47.9 Å². The molecule has 1 aromatic heterocycles. The Morgan fingerprint density at radius 3 is 2.12 bits per heavy atom. The molecule has 210 valence electrons. The molecule has 0 aliphatic heterocycles. The Morgan fingerprint density at radius 1 is 0.857 bits per heavy atom. The Labute approximate surface area is 241 Å². The van der Waals surface area contributed by atoms with Crippen molar-refractivity contribution in [3.8, 4) is 22.4 Å². The van der Waals surface area contributed by atoms with Crippen molar-refractivity contribution in [2.24, 2.45) is 0 Å². The van der Waals surface area contributed by atoms with E-state index >= 15 is 0 Å². The summed E-state index contributed by atoms with van der Waals surface area (Å²) in [5, 5.41) is 13.5. The number of fused-ring (bicyclic) bond motifs is 4. The van der Waals surface area contributed by atoms with Crippen LogP contribution in [0.4, 0.5) is 4.79 Å². The van der Waals surface area contributed by atoms with Gasteiger partial charge in [0.05, 0.1) is 12.7 Å². The molecule has 8 heteroatoms. The van der Waals surface area contributed by atoms with E-state index in [9.17, 15) is 19.5 Å². The second-order valence-electron chi connectivity index (χ2n) is 10.2. The van der Waals surface area contributed by atoms with Gasteiger partial charge in [-0.15, -0.1) is 0 Å². The van der Waals surface area contributed by atoms with Gasteiger partial charge < -0.3 is 24.9 Å². The molecule has 0 radical (unpaired) electrons. The average Bonchev–Trinajstić information content (AvgIpc) is 3.55. The number of ether oxygens (including phenoxy) is 2. The number of benzene rings is 4. The quantitative estimate of drug-likeness (QED) is 0.196. The number of esters is 1. The second kappa shape index (κ2) is 11.2. The number of para-hydroxylation sites is 1. The molecule has 1 amide bonds. The van der Waals surface area contributed by atoms with Gasteiger partial charge in [-0.3, -0.25) is 0 Å². The molecular weight excluding hydrogens is 532 g/mol. The topological polar surface area (TPSA) is 118 Å². The summed E-state index contributed by atoms with van der Waals surface area (Å²) in [6.45, 7) is 0.0804. The molecule has 1 heterocycles. The zero-order valence-corrected chi connectivity index (χ0v) is 22.8. The highest BCUT2D eigenvalue weighted by Gasteiger charge is 2.30. The van der Waals surface area contributed by atoms with Gasteiger partial charge in [-0.25, -0.2) is 14.4 Å². The van der Waals surface area contributed by atoms with E-state index in [-0.39, 0.29) is 18.9 Å². The number of hydrogen-bond acceptors (Lipinski definition) is 5. The molecule has 1 aliphatic rings. The summed E-state index contributed by atoms with van der Waals surface area (Å²) in [6, 6.07) is 29.2. The largest absolute Gasteiger partial charge is 0.480 e. The molecule has 5 aromatic rings. The molecule has 42 heavy (non-hydrogen) atoms. The third kappa shape index (κ3) is 4.99. The molecule has 0 fully saturated rings. The zero-order chi connectivity index (χ0) is 29.2. The number of carboxylic acid groups (broad SMARTS) is 1. The molecule has 0 spiro atoms. The van der Waals surface area contributed by atoms with Crippen molar-refractivity contribution in [3.63, 3.8) is 0 Å². The fraction of sp³-hybridized carbons (Fsp3) is 0.147. The average molecular weight is 561 g/mol. The normalized spacial score (nSPS) is 12.8. The van der Waals surface area contributed by atoms with Crippen molar-refractivity contribution in [2.75, 3.05) is 13.7 Å². The molecule has 0 bridgehead atoms. The van der Waals surface area contributed by atoms with Gasteiger partial charge in [-0.05, 0) is 51.6 Å². The van der Waals surface area contributed by atoms with Crippen LogP contribution in [0.1, 0.15) is 33.0 Å². The number of carbonyl (C=O) groups excluding carboxylic acids is 2. The van der Waals surface area contributed by atoms with Gasteiger partial charge in [0.15, 0.2) is 0 Å². The first kappa shape index (κ1) is 26.8. The van der Waals surface area contributed by atoms with Crippen molar-refractivity contribution in [1.82, 2.24) is 10.3 Å². The molecular formula is C34H28N2O6. The zero-order valence-electron chi connectivity index (χ0n) is 22.8. The van der Waals surface area contributed by atoms with Crippen molar-refractivity contribution >= 4 is 28.9 Å². The van der Waals surface area contributed by atoms with Crippen molar-refractivity contribution in [3.05, 3.63) is 119 Å². The lowest BCUT2D eigenvalue weighted by Crippen LogP contribution is -2.43. The van der Waals surface area contributed by atoms with E-state index in [4.69, 9.17) is 9.47 Å². The molecule has 3 N–H and O–H groups in total. The Morgan fingerprint density at radius 2 is 1.48 bits per heavy atom.